The number of carbonyl (C=O) groups is 1. The van der Waals surface area contributed by atoms with Crippen molar-refractivity contribution < 1.29 is 9.53 Å². The summed E-state index contributed by atoms with van der Waals surface area (Å²) in [6, 6.07) is 1.51. The van der Waals surface area contributed by atoms with E-state index in [0.717, 1.165) is 12.8 Å². The molecule has 1 saturated carbocycles. The Hall–Kier alpha value is -1.78. The number of hydrogen-bond donors (Lipinski definition) is 2. The van der Waals surface area contributed by atoms with E-state index in [1.807, 2.05) is 0 Å². The maximum absolute atomic E-state index is 11.1. The van der Waals surface area contributed by atoms with Crippen molar-refractivity contribution in [3.05, 3.63) is 17.8 Å². The van der Waals surface area contributed by atoms with E-state index in [1.54, 1.807) is 0 Å². The molecule has 86 valence electrons. The molecule has 2 rings (SSSR count). The number of nitrogens with zero attached hydrogens (tertiary/aromatic N) is 1. The van der Waals surface area contributed by atoms with E-state index < -0.39 is 5.91 Å². The maximum atomic E-state index is 11.1. The lowest BCUT2D eigenvalue weighted by molar-refractivity contribution is 0.1000. The molecule has 1 fully saturated rings. The van der Waals surface area contributed by atoms with Gasteiger partial charge in [-0.1, -0.05) is 0 Å². The van der Waals surface area contributed by atoms with Gasteiger partial charge in [0.15, 0.2) is 0 Å². The van der Waals surface area contributed by atoms with Crippen molar-refractivity contribution >= 4 is 11.6 Å². The van der Waals surface area contributed by atoms with E-state index >= 15 is 0 Å². The number of aromatic nitrogens is 1. The fourth-order valence-electron chi connectivity index (χ4n) is 1.90. The summed E-state index contributed by atoms with van der Waals surface area (Å²) in [7, 11) is 0. The molecule has 0 atom stereocenters. The SMILES string of the molecule is NC(=O)c1cc(OC2CCCC2)ncc1N. The zero-order chi connectivity index (χ0) is 11.5. The molecule has 1 amide bonds. The van der Waals surface area contributed by atoms with Gasteiger partial charge in [-0.05, 0) is 25.7 Å². The van der Waals surface area contributed by atoms with Gasteiger partial charge < -0.3 is 16.2 Å². The van der Waals surface area contributed by atoms with Gasteiger partial charge >= 0.3 is 0 Å². The molecular formula is C11H15N3O2. The average molecular weight is 221 g/mol. The van der Waals surface area contributed by atoms with Crippen LogP contribution in [0.25, 0.3) is 0 Å². The smallest absolute Gasteiger partial charge is 0.251 e. The largest absolute Gasteiger partial charge is 0.474 e. The van der Waals surface area contributed by atoms with E-state index in [-0.39, 0.29) is 17.4 Å². The van der Waals surface area contributed by atoms with Gasteiger partial charge in [-0.2, -0.15) is 0 Å². The molecule has 1 aromatic rings. The molecule has 1 aliphatic carbocycles. The van der Waals surface area contributed by atoms with E-state index in [0.29, 0.717) is 5.88 Å². The number of ether oxygens (including phenoxy) is 1. The van der Waals surface area contributed by atoms with Gasteiger partial charge in [0, 0.05) is 6.07 Å². The maximum Gasteiger partial charge on any atom is 0.251 e. The average Bonchev–Trinajstić information content (AvgIpc) is 2.73. The van der Waals surface area contributed by atoms with Gasteiger partial charge in [-0.25, -0.2) is 4.98 Å². The molecule has 5 heteroatoms. The summed E-state index contributed by atoms with van der Waals surface area (Å²) in [5.74, 6) is -0.133. The molecule has 0 unspecified atom stereocenters. The summed E-state index contributed by atoms with van der Waals surface area (Å²) in [6.45, 7) is 0. The number of nitrogen functional groups attached to an aromatic ring is 1. The highest BCUT2D eigenvalue weighted by molar-refractivity contribution is 5.97. The first-order valence-electron chi connectivity index (χ1n) is 5.39. The van der Waals surface area contributed by atoms with Crippen molar-refractivity contribution in [3.63, 3.8) is 0 Å². The van der Waals surface area contributed by atoms with Crippen LogP contribution in [0.3, 0.4) is 0 Å². The highest BCUT2D eigenvalue weighted by Gasteiger charge is 2.18. The van der Waals surface area contributed by atoms with Gasteiger partial charge in [-0.15, -0.1) is 0 Å². The van der Waals surface area contributed by atoms with Crippen LogP contribution in [-0.2, 0) is 0 Å². The minimum atomic E-state index is -0.559. The van der Waals surface area contributed by atoms with Gasteiger partial charge in [0.25, 0.3) is 5.91 Å². The van der Waals surface area contributed by atoms with Crippen LogP contribution in [0.1, 0.15) is 36.0 Å². The van der Waals surface area contributed by atoms with Crippen LogP contribution < -0.4 is 16.2 Å². The predicted molar refractivity (Wildman–Crippen MR) is 60.1 cm³/mol. The second-order valence-corrected chi connectivity index (χ2v) is 4.00. The van der Waals surface area contributed by atoms with Crippen LogP contribution in [-0.4, -0.2) is 17.0 Å². The van der Waals surface area contributed by atoms with Crippen molar-refractivity contribution in [1.82, 2.24) is 4.98 Å². The van der Waals surface area contributed by atoms with Crippen molar-refractivity contribution in [1.29, 1.82) is 0 Å². The van der Waals surface area contributed by atoms with Crippen LogP contribution in [0.15, 0.2) is 12.3 Å². The first-order valence-corrected chi connectivity index (χ1v) is 5.39. The Balaban J connectivity index is 2.15. The number of amides is 1. The summed E-state index contributed by atoms with van der Waals surface area (Å²) >= 11 is 0. The molecule has 5 nitrogen and oxygen atoms in total. The second-order valence-electron chi connectivity index (χ2n) is 4.00. The predicted octanol–water partition coefficient (Wildman–Crippen LogP) is 1.08. The Bertz CT molecular complexity index is 400. The molecule has 0 saturated heterocycles. The number of pyridine rings is 1. The third-order valence-corrected chi connectivity index (χ3v) is 2.76. The fourth-order valence-corrected chi connectivity index (χ4v) is 1.90. The monoisotopic (exact) mass is 221 g/mol. The highest BCUT2D eigenvalue weighted by Crippen LogP contribution is 2.24. The van der Waals surface area contributed by atoms with Crippen molar-refractivity contribution in [3.8, 4) is 5.88 Å². The Morgan fingerprint density at radius 3 is 2.75 bits per heavy atom. The minimum absolute atomic E-state index is 0.205. The van der Waals surface area contributed by atoms with Crippen LogP contribution in [0, 0.1) is 0 Å². The quantitative estimate of drug-likeness (QED) is 0.799. The zero-order valence-electron chi connectivity index (χ0n) is 8.98. The number of anilines is 1. The Morgan fingerprint density at radius 1 is 1.44 bits per heavy atom. The third-order valence-electron chi connectivity index (χ3n) is 2.76. The van der Waals surface area contributed by atoms with Gasteiger partial charge in [-0.3, -0.25) is 4.79 Å². The Labute approximate surface area is 93.8 Å². The molecule has 1 aromatic heterocycles. The lowest BCUT2D eigenvalue weighted by atomic mass is 10.2. The van der Waals surface area contributed by atoms with Crippen LogP contribution in [0.2, 0.25) is 0 Å². The molecular weight excluding hydrogens is 206 g/mol. The molecule has 0 bridgehead atoms. The van der Waals surface area contributed by atoms with E-state index in [9.17, 15) is 4.79 Å². The summed E-state index contributed by atoms with van der Waals surface area (Å²) in [6.07, 6.45) is 6.06. The number of nitrogens with two attached hydrogens (primary N) is 2. The molecule has 0 aliphatic heterocycles. The van der Waals surface area contributed by atoms with E-state index in [1.165, 1.54) is 25.1 Å². The van der Waals surface area contributed by atoms with Gasteiger partial charge in [0.2, 0.25) is 5.88 Å². The zero-order valence-corrected chi connectivity index (χ0v) is 8.98. The first kappa shape index (κ1) is 10.7. The number of hydrogen-bond acceptors (Lipinski definition) is 4. The number of rotatable bonds is 3. The van der Waals surface area contributed by atoms with Crippen molar-refractivity contribution in [2.24, 2.45) is 5.73 Å². The topological polar surface area (TPSA) is 91.2 Å². The molecule has 1 heterocycles. The second kappa shape index (κ2) is 4.38. The van der Waals surface area contributed by atoms with Crippen LogP contribution in [0.4, 0.5) is 5.69 Å². The van der Waals surface area contributed by atoms with Crippen LogP contribution >= 0.6 is 0 Å². The van der Waals surface area contributed by atoms with E-state index in [4.69, 9.17) is 16.2 Å². The first-order chi connectivity index (χ1) is 7.66. The molecule has 0 aromatic carbocycles. The third kappa shape index (κ3) is 2.24. The standard InChI is InChI=1S/C11H15N3O2/c12-9-6-14-10(5-8(9)11(13)15)16-7-3-1-2-4-7/h5-7H,1-4,12H2,(H2,13,15). The molecule has 4 N–H and O–H groups in total. The summed E-state index contributed by atoms with van der Waals surface area (Å²) in [5.41, 5.74) is 11.3. The van der Waals surface area contributed by atoms with Gasteiger partial charge in [0.1, 0.15) is 6.10 Å². The number of primary amides is 1. The molecule has 16 heavy (non-hydrogen) atoms. The number of carbonyl (C=O) groups excluding carboxylic acids is 1. The summed E-state index contributed by atoms with van der Waals surface area (Å²) in [5, 5.41) is 0. The van der Waals surface area contributed by atoms with Crippen molar-refractivity contribution in [2.45, 2.75) is 31.8 Å². The van der Waals surface area contributed by atoms with Crippen molar-refractivity contribution in [2.75, 3.05) is 5.73 Å². The minimum Gasteiger partial charge on any atom is -0.474 e. The Kier molecular flexibility index (Phi) is 2.94. The molecule has 0 radical (unpaired) electrons. The summed E-state index contributed by atoms with van der Waals surface area (Å²) < 4.78 is 5.65. The lowest BCUT2D eigenvalue weighted by Crippen LogP contribution is -2.16. The highest BCUT2D eigenvalue weighted by atomic mass is 16.5. The van der Waals surface area contributed by atoms with E-state index in [2.05, 4.69) is 4.98 Å². The Morgan fingerprint density at radius 2 is 2.12 bits per heavy atom. The van der Waals surface area contributed by atoms with Crippen LogP contribution in [0.5, 0.6) is 5.88 Å². The molecule has 0 spiro atoms. The molecule has 1 aliphatic rings. The normalized spacial score (nSPS) is 16.2. The van der Waals surface area contributed by atoms with Gasteiger partial charge in [0.05, 0.1) is 17.4 Å². The summed E-state index contributed by atoms with van der Waals surface area (Å²) in [4.78, 5) is 15.1. The fraction of sp³-hybridized carbons (Fsp3) is 0.455. The lowest BCUT2D eigenvalue weighted by Gasteiger charge is -2.12.